The Balaban J connectivity index is 2.65. The van der Waals surface area contributed by atoms with Gasteiger partial charge in [-0.05, 0) is 24.5 Å². The summed E-state index contributed by atoms with van der Waals surface area (Å²) in [6.45, 7) is 3.98. The second-order valence-electron chi connectivity index (χ2n) is 5.06. The van der Waals surface area contributed by atoms with Crippen LogP contribution in [0.25, 0.3) is 0 Å². The van der Waals surface area contributed by atoms with Crippen LogP contribution in [0, 0.1) is 17.2 Å². The van der Waals surface area contributed by atoms with Crippen molar-refractivity contribution in [3.05, 3.63) is 34.9 Å². The minimum atomic E-state index is -3.79. The predicted molar refractivity (Wildman–Crippen MR) is 79.5 cm³/mol. The van der Waals surface area contributed by atoms with E-state index in [9.17, 15) is 8.42 Å². The number of hydrogen-bond acceptors (Lipinski definition) is 5. The molecule has 0 amide bonds. The summed E-state index contributed by atoms with van der Waals surface area (Å²) in [4.78, 5) is 0.0385. The normalized spacial score (nSPS) is 14.9. The van der Waals surface area contributed by atoms with Gasteiger partial charge in [0.05, 0.1) is 17.3 Å². The molecular formula is C14H14N4O2S. The van der Waals surface area contributed by atoms with Gasteiger partial charge in [-0.15, -0.1) is 5.10 Å². The molecule has 1 heterocycles. The number of allylic oxidation sites excluding steroid dienone is 1. The van der Waals surface area contributed by atoms with Crippen LogP contribution in [-0.2, 0) is 10.0 Å². The number of nitriles is 1. The molecule has 0 aliphatic carbocycles. The molecule has 1 aromatic carbocycles. The SMILES string of the molecule is CC(C)CC(=C=NN)C1=NS(=O)(=O)c2cc(C#N)ccc21. The maximum absolute atomic E-state index is 12.1. The molecule has 1 aliphatic rings. The van der Waals surface area contributed by atoms with Crippen LogP contribution in [0.15, 0.2) is 38.2 Å². The topological polar surface area (TPSA) is 109 Å². The molecule has 0 bridgehead atoms. The highest BCUT2D eigenvalue weighted by molar-refractivity contribution is 7.90. The van der Waals surface area contributed by atoms with Crippen LogP contribution in [0.1, 0.15) is 31.4 Å². The van der Waals surface area contributed by atoms with Gasteiger partial charge in [-0.2, -0.15) is 18.1 Å². The molecule has 0 spiro atoms. The first kappa shape index (κ1) is 15.0. The fraction of sp³-hybridized carbons (Fsp3) is 0.286. The number of sulfonamides is 1. The first-order valence-electron chi connectivity index (χ1n) is 6.30. The van der Waals surface area contributed by atoms with Gasteiger partial charge < -0.3 is 5.84 Å². The van der Waals surface area contributed by atoms with Crippen LogP contribution in [0.2, 0.25) is 0 Å². The monoisotopic (exact) mass is 302 g/mol. The highest BCUT2D eigenvalue weighted by atomic mass is 32.2. The Morgan fingerprint density at radius 3 is 2.76 bits per heavy atom. The number of hydrogen-bond donors (Lipinski definition) is 1. The van der Waals surface area contributed by atoms with Gasteiger partial charge in [-0.3, -0.25) is 0 Å². The summed E-state index contributed by atoms with van der Waals surface area (Å²) in [5.41, 5.74) is 1.58. The lowest BCUT2D eigenvalue weighted by atomic mass is 9.95. The summed E-state index contributed by atoms with van der Waals surface area (Å²) < 4.78 is 28.1. The van der Waals surface area contributed by atoms with E-state index in [1.54, 1.807) is 12.1 Å². The van der Waals surface area contributed by atoms with Gasteiger partial charge in [-0.25, -0.2) is 0 Å². The molecule has 0 atom stereocenters. The van der Waals surface area contributed by atoms with E-state index in [0.717, 1.165) is 0 Å². The Morgan fingerprint density at radius 1 is 1.48 bits per heavy atom. The third-order valence-corrected chi connectivity index (χ3v) is 4.27. The molecule has 2 rings (SSSR count). The molecule has 0 fully saturated rings. The van der Waals surface area contributed by atoms with E-state index in [1.165, 1.54) is 6.07 Å². The van der Waals surface area contributed by atoms with Crippen LogP contribution in [0.3, 0.4) is 0 Å². The smallest absolute Gasteiger partial charge is 0.283 e. The molecule has 1 aliphatic heterocycles. The lowest BCUT2D eigenvalue weighted by Crippen LogP contribution is -2.07. The van der Waals surface area contributed by atoms with E-state index in [4.69, 9.17) is 11.1 Å². The molecule has 6 nitrogen and oxygen atoms in total. The summed E-state index contributed by atoms with van der Waals surface area (Å²) in [5, 5.41) is 12.3. The van der Waals surface area contributed by atoms with Crippen molar-refractivity contribution in [2.24, 2.45) is 21.3 Å². The van der Waals surface area contributed by atoms with E-state index in [1.807, 2.05) is 19.9 Å². The van der Waals surface area contributed by atoms with Crippen LogP contribution in [-0.4, -0.2) is 20.0 Å². The number of fused-ring (bicyclic) bond motifs is 1. The van der Waals surface area contributed by atoms with Gasteiger partial charge in [0.15, 0.2) is 0 Å². The van der Waals surface area contributed by atoms with Crippen molar-refractivity contribution in [1.82, 2.24) is 0 Å². The average molecular weight is 302 g/mol. The van der Waals surface area contributed by atoms with Gasteiger partial charge in [-0.1, -0.05) is 19.9 Å². The molecule has 1 aromatic rings. The van der Waals surface area contributed by atoms with Crippen LogP contribution < -0.4 is 5.84 Å². The Labute approximate surface area is 123 Å². The van der Waals surface area contributed by atoms with Gasteiger partial charge in [0.1, 0.15) is 4.90 Å². The predicted octanol–water partition coefficient (Wildman–Crippen LogP) is 1.57. The number of hydrazone groups is 1. The molecule has 0 aromatic heterocycles. The fourth-order valence-corrected chi connectivity index (χ4v) is 3.38. The van der Waals surface area contributed by atoms with E-state index in [2.05, 4.69) is 15.4 Å². The van der Waals surface area contributed by atoms with Crippen molar-refractivity contribution >= 4 is 21.6 Å². The number of benzene rings is 1. The number of nitrogens with zero attached hydrogens (tertiary/aromatic N) is 3. The molecule has 0 unspecified atom stereocenters. The van der Waals surface area contributed by atoms with Crippen molar-refractivity contribution in [3.63, 3.8) is 0 Å². The molecule has 21 heavy (non-hydrogen) atoms. The molecule has 0 radical (unpaired) electrons. The van der Waals surface area contributed by atoms with Crippen molar-refractivity contribution in [2.45, 2.75) is 25.2 Å². The van der Waals surface area contributed by atoms with Gasteiger partial charge >= 0.3 is 0 Å². The first-order chi connectivity index (χ1) is 9.89. The summed E-state index contributed by atoms with van der Waals surface area (Å²) in [6.07, 6.45) is 0.550. The van der Waals surface area contributed by atoms with Crippen molar-refractivity contribution in [2.75, 3.05) is 0 Å². The molecular weight excluding hydrogens is 288 g/mol. The Kier molecular flexibility index (Phi) is 3.94. The molecule has 0 saturated heterocycles. The Bertz CT molecular complexity index is 823. The van der Waals surface area contributed by atoms with E-state index in [-0.39, 0.29) is 16.4 Å². The van der Waals surface area contributed by atoms with Crippen LogP contribution >= 0.6 is 0 Å². The third-order valence-electron chi connectivity index (χ3n) is 2.95. The standard InChI is InChI=1S/C14H14N4O2S/c1-9(2)5-11(8-17-16)14-12-4-3-10(7-15)6-13(12)21(19,20)18-14/h3-4,6,9H,5,16H2,1-2H3. The number of nitrogens with two attached hydrogens (primary N) is 1. The molecule has 108 valence electrons. The van der Waals surface area contributed by atoms with E-state index in [0.29, 0.717) is 23.3 Å². The number of rotatable bonds is 3. The van der Waals surface area contributed by atoms with E-state index < -0.39 is 10.0 Å². The quantitative estimate of drug-likeness (QED) is 0.519. The minimum absolute atomic E-state index is 0.0385. The van der Waals surface area contributed by atoms with Gasteiger partial charge in [0.25, 0.3) is 10.0 Å². The van der Waals surface area contributed by atoms with Crippen molar-refractivity contribution < 1.29 is 8.42 Å². The zero-order valence-electron chi connectivity index (χ0n) is 11.7. The summed E-state index contributed by atoms with van der Waals surface area (Å²) >= 11 is 0. The Hall–Kier alpha value is -2.42. The fourth-order valence-electron chi connectivity index (χ4n) is 2.12. The van der Waals surface area contributed by atoms with Crippen molar-refractivity contribution in [1.29, 1.82) is 5.26 Å². The van der Waals surface area contributed by atoms with Gasteiger partial charge in [0.2, 0.25) is 0 Å². The summed E-state index contributed by atoms with van der Waals surface area (Å²) in [5.74, 6) is 8.04. The maximum Gasteiger partial charge on any atom is 0.283 e. The molecule has 0 saturated carbocycles. The second kappa shape index (κ2) is 5.52. The lowest BCUT2D eigenvalue weighted by Gasteiger charge is -2.07. The van der Waals surface area contributed by atoms with Crippen LogP contribution in [0.5, 0.6) is 0 Å². The summed E-state index contributed by atoms with van der Waals surface area (Å²) in [7, 11) is -3.79. The average Bonchev–Trinajstić information content (AvgIpc) is 2.69. The van der Waals surface area contributed by atoms with Gasteiger partial charge in [0, 0.05) is 17.0 Å². The maximum atomic E-state index is 12.1. The first-order valence-corrected chi connectivity index (χ1v) is 7.74. The Morgan fingerprint density at radius 2 is 2.19 bits per heavy atom. The zero-order valence-corrected chi connectivity index (χ0v) is 12.5. The van der Waals surface area contributed by atoms with Crippen LogP contribution in [0.4, 0.5) is 0 Å². The lowest BCUT2D eigenvalue weighted by molar-refractivity contribution is 0.599. The molecule has 7 heteroatoms. The second-order valence-corrected chi connectivity index (χ2v) is 6.63. The summed E-state index contributed by atoms with van der Waals surface area (Å²) in [6, 6.07) is 6.38. The zero-order chi connectivity index (χ0) is 15.6. The van der Waals surface area contributed by atoms with Crippen molar-refractivity contribution in [3.8, 4) is 6.07 Å². The molecule has 2 N–H and O–H groups in total. The highest BCUT2D eigenvalue weighted by Crippen LogP contribution is 2.31. The van der Waals surface area contributed by atoms with E-state index >= 15 is 0 Å². The minimum Gasteiger partial charge on any atom is -0.315 e. The highest BCUT2D eigenvalue weighted by Gasteiger charge is 2.31. The third kappa shape index (κ3) is 2.87. The largest absolute Gasteiger partial charge is 0.315 e.